The van der Waals surface area contributed by atoms with Crippen LogP contribution in [0.4, 0.5) is 10.1 Å². The summed E-state index contributed by atoms with van der Waals surface area (Å²) < 4.78 is 14.8. The molecule has 0 spiro atoms. The van der Waals surface area contributed by atoms with Crippen LogP contribution in [0.5, 0.6) is 0 Å². The molecule has 1 aromatic carbocycles. The van der Waals surface area contributed by atoms with Gasteiger partial charge in [-0.2, -0.15) is 5.10 Å². The first-order valence-electron chi connectivity index (χ1n) is 5.70. The summed E-state index contributed by atoms with van der Waals surface area (Å²) in [5, 5.41) is 7.62. The Morgan fingerprint density at radius 2 is 2.24 bits per heavy atom. The van der Waals surface area contributed by atoms with Crippen LogP contribution in [0, 0.1) is 5.82 Å². The summed E-state index contributed by atoms with van der Waals surface area (Å²) in [5.41, 5.74) is 2.97. The van der Waals surface area contributed by atoms with E-state index in [1.165, 1.54) is 12.1 Å². The summed E-state index contributed by atoms with van der Waals surface area (Å²) >= 11 is 0. The summed E-state index contributed by atoms with van der Waals surface area (Å²) in [7, 11) is 1.90. The van der Waals surface area contributed by atoms with Gasteiger partial charge in [0.2, 0.25) is 0 Å². The van der Waals surface area contributed by atoms with Gasteiger partial charge < -0.3 is 5.32 Å². The molecule has 0 aliphatic heterocycles. The average Bonchev–Trinajstić information content (AvgIpc) is 2.67. The van der Waals surface area contributed by atoms with E-state index in [0.717, 1.165) is 23.4 Å². The van der Waals surface area contributed by atoms with E-state index in [1.807, 2.05) is 19.3 Å². The van der Waals surface area contributed by atoms with Crippen molar-refractivity contribution in [3.63, 3.8) is 0 Å². The quantitative estimate of drug-likeness (QED) is 0.880. The Bertz CT molecular complexity index is 505. The van der Waals surface area contributed by atoms with Gasteiger partial charge in [-0.25, -0.2) is 4.39 Å². The van der Waals surface area contributed by atoms with Gasteiger partial charge in [0.15, 0.2) is 0 Å². The minimum absolute atomic E-state index is 0.203. The van der Waals surface area contributed by atoms with E-state index < -0.39 is 0 Å². The molecule has 0 saturated carbocycles. The molecule has 0 amide bonds. The largest absolute Gasteiger partial charge is 0.378 e. The SMILES string of the molecule is CCc1nn(C)cc1NCc1cccc(F)c1. The lowest BCUT2D eigenvalue weighted by Crippen LogP contribution is -2.00. The van der Waals surface area contributed by atoms with Crippen LogP contribution in [0.25, 0.3) is 0 Å². The van der Waals surface area contributed by atoms with Crippen LogP contribution in [0.15, 0.2) is 30.5 Å². The van der Waals surface area contributed by atoms with Gasteiger partial charge in [0.25, 0.3) is 0 Å². The van der Waals surface area contributed by atoms with Gasteiger partial charge in [0, 0.05) is 19.8 Å². The molecule has 3 nitrogen and oxygen atoms in total. The van der Waals surface area contributed by atoms with Crippen molar-refractivity contribution in [1.29, 1.82) is 0 Å². The summed E-state index contributed by atoms with van der Waals surface area (Å²) in [5.74, 6) is -0.203. The van der Waals surface area contributed by atoms with Crippen molar-refractivity contribution < 1.29 is 4.39 Å². The number of nitrogens with zero attached hydrogens (tertiary/aromatic N) is 2. The zero-order valence-corrected chi connectivity index (χ0v) is 10.1. The fraction of sp³-hybridized carbons (Fsp3) is 0.308. The molecular formula is C13H16FN3. The molecule has 0 fully saturated rings. The van der Waals surface area contributed by atoms with E-state index >= 15 is 0 Å². The first kappa shape index (κ1) is 11.6. The zero-order valence-electron chi connectivity index (χ0n) is 10.1. The lowest BCUT2D eigenvalue weighted by Gasteiger charge is -2.05. The molecule has 0 unspecified atom stereocenters. The molecule has 90 valence electrons. The Morgan fingerprint density at radius 1 is 1.41 bits per heavy atom. The second-order valence-corrected chi connectivity index (χ2v) is 4.00. The second kappa shape index (κ2) is 4.99. The lowest BCUT2D eigenvalue weighted by molar-refractivity contribution is 0.626. The summed E-state index contributed by atoms with van der Waals surface area (Å²) in [6.45, 7) is 2.67. The first-order chi connectivity index (χ1) is 8.19. The minimum atomic E-state index is -0.203. The third-order valence-electron chi connectivity index (χ3n) is 2.61. The number of rotatable bonds is 4. The highest BCUT2D eigenvalue weighted by Crippen LogP contribution is 2.15. The molecule has 0 atom stereocenters. The van der Waals surface area contributed by atoms with E-state index in [2.05, 4.69) is 17.3 Å². The fourth-order valence-corrected chi connectivity index (χ4v) is 1.79. The van der Waals surface area contributed by atoms with Crippen LogP contribution in [-0.2, 0) is 20.0 Å². The van der Waals surface area contributed by atoms with Crippen LogP contribution in [0.2, 0.25) is 0 Å². The molecule has 0 aliphatic carbocycles. The standard InChI is InChI=1S/C13H16FN3/c1-3-12-13(9-17(2)16-12)15-8-10-5-4-6-11(14)7-10/h4-7,9,15H,3,8H2,1-2H3. The Balaban J connectivity index is 2.06. The number of benzene rings is 1. The zero-order chi connectivity index (χ0) is 12.3. The van der Waals surface area contributed by atoms with Crippen molar-refractivity contribution in [2.24, 2.45) is 7.05 Å². The number of hydrogen-bond acceptors (Lipinski definition) is 2. The molecule has 0 radical (unpaired) electrons. The Kier molecular flexibility index (Phi) is 3.42. The molecule has 1 N–H and O–H groups in total. The number of anilines is 1. The predicted octanol–water partition coefficient (Wildman–Crippen LogP) is 2.73. The van der Waals surface area contributed by atoms with Crippen LogP contribution < -0.4 is 5.32 Å². The van der Waals surface area contributed by atoms with Crippen LogP contribution in [0.3, 0.4) is 0 Å². The first-order valence-corrected chi connectivity index (χ1v) is 5.70. The molecule has 2 rings (SSSR count). The minimum Gasteiger partial charge on any atom is -0.378 e. The third-order valence-corrected chi connectivity index (χ3v) is 2.61. The topological polar surface area (TPSA) is 29.9 Å². The lowest BCUT2D eigenvalue weighted by atomic mass is 10.2. The summed E-state index contributed by atoms with van der Waals surface area (Å²) in [4.78, 5) is 0. The maximum atomic E-state index is 13.0. The van der Waals surface area contributed by atoms with Crippen molar-refractivity contribution in [3.05, 3.63) is 47.5 Å². The molecular weight excluding hydrogens is 217 g/mol. The smallest absolute Gasteiger partial charge is 0.123 e. The number of aryl methyl sites for hydroxylation is 2. The maximum absolute atomic E-state index is 13.0. The van der Waals surface area contributed by atoms with E-state index in [4.69, 9.17) is 0 Å². The third kappa shape index (κ3) is 2.84. The van der Waals surface area contributed by atoms with Gasteiger partial charge >= 0.3 is 0 Å². The van der Waals surface area contributed by atoms with E-state index in [0.29, 0.717) is 6.54 Å². The van der Waals surface area contributed by atoms with Gasteiger partial charge in [-0.15, -0.1) is 0 Å². The van der Waals surface area contributed by atoms with E-state index in [1.54, 1.807) is 10.7 Å². The molecule has 0 aliphatic rings. The number of aromatic nitrogens is 2. The van der Waals surface area contributed by atoms with Gasteiger partial charge in [-0.3, -0.25) is 4.68 Å². The summed E-state index contributed by atoms with van der Waals surface area (Å²) in [6.07, 6.45) is 2.82. The molecule has 2 aromatic rings. The molecule has 1 heterocycles. The molecule has 4 heteroatoms. The number of hydrogen-bond donors (Lipinski definition) is 1. The Labute approximate surface area is 100 Å². The maximum Gasteiger partial charge on any atom is 0.123 e. The second-order valence-electron chi connectivity index (χ2n) is 4.00. The molecule has 1 aromatic heterocycles. The Hall–Kier alpha value is -1.84. The number of nitrogens with one attached hydrogen (secondary N) is 1. The Morgan fingerprint density at radius 3 is 2.94 bits per heavy atom. The van der Waals surface area contributed by atoms with Gasteiger partial charge in [-0.1, -0.05) is 19.1 Å². The number of halogens is 1. The van der Waals surface area contributed by atoms with Crippen molar-refractivity contribution in [2.45, 2.75) is 19.9 Å². The summed E-state index contributed by atoms with van der Waals surface area (Å²) in [6, 6.07) is 6.61. The monoisotopic (exact) mass is 233 g/mol. The predicted molar refractivity (Wildman–Crippen MR) is 66.3 cm³/mol. The van der Waals surface area contributed by atoms with Crippen LogP contribution in [-0.4, -0.2) is 9.78 Å². The van der Waals surface area contributed by atoms with Crippen molar-refractivity contribution in [1.82, 2.24) is 9.78 Å². The van der Waals surface area contributed by atoms with Gasteiger partial charge in [0.1, 0.15) is 5.82 Å². The highest BCUT2D eigenvalue weighted by Gasteiger charge is 2.05. The van der Waals surface area contributed by atoms with E-state index in [9.17, 15) is 4.39 Å². The van der Waals surface area contributed by atoms with Gasteiger partial charge in [-0.05, 0) is 24.1 Å². The molecule has 0 bridgehead atoms. The van der Waals surface area contributed by atoms with Crippen molar-refractivity contribution >= 4 is 5.69 Å². The van der Waals surface area contributed by atoms with Crippen molar-refractivity contribution in [3.8, 4) is 0 Å². The normalized spacial score (nSPS) is 10.5. The van der Waals surface area contributed by atoms with Crippen LogP contribution >= 0.6 is 0 Å². The van der Waals surface area contributed by atoms with Crippen LogP contribution in [0.1, 0.15) is 18.2 Å². The van der Waals surface area contributed by atoms with Crippen molar-refractivity contribution in [2.75, 3.05) is 5.32 Å². The molecule has 17 heavy (non-hydrogen) atoms. The fourth-order valence-electron chi connectivity index (χ4n) is 1.79. The van der Waals surface area contributed by atoms with E-state index in [-0.39, 0.29) is 5.82 Å². The highest BCUT2D eigenvalue weighted by atomic mass is 19.1. The molecule has 0 saturated heterocycles. The highest BCUT2D eigenvalue weighted by molar-refractivity contribution is 5.46. The van der Waals surface area contributed by atoms with Gasteiger partial charge in [0.05, 0.1) is 11.4 Å². The average molecular weight is 233 g/mol.